The van der Waals surface area contributed by atoms with Crippen molar-refractivity contribution in [2.75, 3.05) is 32.7 Å². The standard InChI is InChI=1S/C39H59N7O6/c1-27(2)23-31(34(48)44-30(17-11-12-20-40)36(50)46-21-18-39(41,19-22-46)37(51)52)45-35(49)32(24-28-13-7-5-8-14-28)43-33(47)25-42-26-38(3,4)29-15-9-6-10-16-29/h5-10,13-16,27,30-32,42H,11-12,17-26,40-41H2,1-4H3,(H,43,47)(H,44,48)(H,45,49)(H,51,52)/t30-,31-,32-/m1/s1. The molecule has 1 aliphatic heterocycles. The number of carboxylic acid groups (broad SMARTS) is 1. The summed E-state index contributed by atoms with van der Waals surface area (Å²) in [6.45, 7) is 9.28. The highest BCUT2D eigenvalue weighted by Gasteiger charge is 2.40. The van der Waals surface area contributed by atoms with Crippen LogP contribution < -0.4 is 32.7 Å². The summed E-state index contributed by atoms with van der Waals surface area (Å²) in [6, 6.07) is 16.5. The maximum atomic E-state index is 13.9. The van der Waals surface area contributed by atoms with E-state index in [0.29, 0.717) is 38.8 Å². The molecular formula is C39H59N7O6. The van der Waals surface area contributed by atoms with Gasteiger partial charge in [0, 0.05) is 31.5 Å². The summed E-state index contributed by atoms with van der Waals surface area (Å²) in [5.41, 5.74) is 12.1. The first-order chi connectivity index (χ1) is 24.6. The number of likely N-dealkylation sites (tertiary alicyclic amines) is 1. The van der Waals surface area contributed by atoms with Crippen molar-refractivity contribution < 1.29 is 29.1 Å². The number of aliphatic carboxylic acids is 1. The highest BCUT2D eigenvalue weighted by Crippen LogP contribution is 2.22. The van der Waals surface area contributed by atoms with Crippen LogP contribution in [0.25, 0.3) is 0 Å². The number of unbranched alkanes of at least 4 members (excludes halogenated alkanes) is 1. The lowest BCUT2D eigenvalue weighted by Gasteiger charge is -2.38. The Kier molecular flexibility index (Phi) is 16.2. The van der Waals surface area contributed by atoms with E-state index in [4.69, 9.17) is 11.5 Å². The van der Waals surface area contributed by atoms with Gasteiger partial charge in [-0.3, -0.25) is 24.0 Å². The molecule has 1 saturated heterocycles. The smallest absolute Gasteiger partial charge is 0.323 e. The number of nitrogens with one attached hydrogen (secondary N) is 4. The van der Waals surface area contributed by atoms with E-state index in [9.17, 15) is 29.1 Å². The van der Waals surface area contributed by atoms with Crippen LogP contribution in [0.15, 0.2) is 60.7 Å². The lowest BCUT2D eigenvalue weighted by Crippen LogP contribution is -2.60. The van der Waals surface area contributed by atoms with E-state index >= 15 is 0 Å². The van der Waals surface area contributed by atoms with E-state index in [0.717, 1.165) is 11.1 Å². The Morgan fingerprint density at radius 2 is 1.42 bits per heavy atom. The molecule has 2 aromatic rings. The number of carbonyl (C=O) groups is 5. The molecule has 4 amide bonds. The molecular weight excluding hydrogens is 662 g/mol. The largest absolute Gasteiger partial charge is 0.480 e. The van der Waals surface area contributed by atoms with Crippen LogP contribution in [0.4, 0.5) is 0 Å². The number of nitrogens with two attached hydrogens (primary N) is 2. The van der Waals surface area contributed by atoms with Gasteiger partial charge in [-0.15, -0.1) is 0 Å². The number of carboxylic acids is 1. The Morgan fingerprint density at radius 1 is 0.846 bits per heavy atom. The van der Waals surface area contributed by atoms with E-state index in [1.807, 2.05) is 74.5 Å². The first-order valence-corrected chi connectivity index (χ1v) is 18.4. The van der Waals surface area contributed by atoms with Crippen molar-refractivity contribution in [1.29, 1.82) is 0 Å². The molecule has 0 aliphatic carbocycles. The fourth-order valence-electron chi connectivity index (χ4n) is 6.34. The number of rotatable bonds is 20. The quantitative estimate of drug-likeness (QED) is 0.0994. The number of nitrogens with zero attached hydrogens (tertiary/aromatic N) is 1. The number of piperidine rings is 1. The zero-order valence-electron chi connectivity index (χ0n) is 31.2. The zero-order chi connectivity index (χ0) is 38.3. The molecule has 0 bridgehead atoms. The summed E-state index contributed by atoms with van der Waals surface area (Å²) >= 11 is 0. The minimum atomic E-state index is -1.40. The summed E-state index contributed by atoms with van der Waals surface area (Å²) in [4.78, 5) is 67.9. The predicted molar refractivity (Wildman–Crippen MR) is 201 cm³/mol. The Morgan fingerprint density at radius 3 is 2.00 bits per heavy atom. The van der Waals surface area contributed by atoms with Gasteiger partial charge in [-0.05, 0) is 62.1 Å². The number of amides is 4. The van der Waals surface area contributed by atoms with Crippen molar-refractivity contribution in [2.24, 2.45) is 17.4 Å². The monoisotopic (exact) mass is 721 g/mol. The fourth-order valence-corrected chi connectivity index (χ4v) is 6.34. The molecule has 3 atom stereocenters. The Balaban J connectivity index is 1.72. The second-order valence-corrected chi connectivity index (χ2v) is 15.0. The van der Waals surface area contributed by atoms with Crippen LogP contribution in [0, 0.1) is 5.92 Å². The molecule has 13 nitrogen and oxygen atoms in total. The third kappa shape index (κ3) is 13.0. The first-order valence-electron chi connectivity index (χ1n) is 18.4. The minimum Gasteiger partial charge on any atom is -0.480 e. The van der Waals surface area contributed by atoms with Crippen molar-refractivity contribution in [2.45, 2.75) is 102 Å². The molecule has 13 heteroatoms. The van der Waals surface area contributed by atoms with Crippen LogP contribution in [-0.4, -0.2) is 96.0 Å². The lowest BCUT2D eigenvalue weighted by molar-refractivity contribution is -0.148. The fraction of sp³-hybridized carbons (Fsp3) is 0.564. The molecule has 1 heterocycles. The summed E-state index contributed by atoms with van der Waals surface area (Å²) in [5, 5.41) is 21.4. The van der Waals surface area contributed by atoms with E-state index in [1.165, 1.54) is 4.90 Å². The Labute approximate surface area is 308 Å². The van der Waals surface area contributed by atoms with Gasteiger partial charge in [-0.1, -0.05) is 88.4 Å². The number of hydrogen-bond acceptors (Lipinski definition) is 8. The Bertz CT molecular complexity index is 1460. The second kappa shape index (κ2) is 20.1. The number of hydrogen-bond donors (Lipinski definition) is 7. The maximum absolute atomic E-state index is 13.9. The molecule has 0 spiro atoms. The molecule has 52 heavy (non-hydrogen) atoms. The number of benzene rings is 2. The van der Waals surface area contributed by atoms with Crippen LogP contribution in [0.1, 0.15) is 77.3 Å². The third-order valence-corrected chi connectivity index (χ3v) is 9.64. The average molecular weight is 722 g/mol. The van der Waals surface area contributed by atoms with Gasteiger partial charge in [-0.25, -0.2) is 0 Å². The van der Waals surface area contributed by atoms with Gasteiger partial charge >= 0.3 is 5.97 Å². The molecule has 286 valence electrons. The van der Waals surface area contributed by atoms with Crippen molar-refractivity contribution in [3.05, 3.63) is 71.8 Å². The molecule has 2 aromatic carbocycles. The van der Waals surface area contributed by atoms with Gasteiger partial charge in [0.15, 0.2) is 0 Å². The van der Waals surface area contributed by atoms with Crippen LogP contribution in [0.5, 0.6) is 0 Å². The van der Waals surface area contributed by atoms with Crippen LogP contribution in [0.3, 0.4) is 0 Å². The van der Waals surface area contributed by atoms with Crippen molar-refractivity contribution in [3.8, 4) is 0 Å². The van der Waals surface area contributed by atoms with Crippen LogP contribution in [-0.2, 0) is 35.8 Å². The molecule has 0 saturated carbocycles. The lowest BCUT2D eigenvalue weighted by atomic mass is 9.84. The molecule has 1 fully saturated rings. The van der Waals surface area contributed by atoms with Gasteiger partial charge in [0.05, 0.1) is 6.54 Å². The second-order valence-electron chi connectivity index (χ2n) is 15.0. The Hall–Kier alpha value is -4.33. The summed E-state index contributed by atoms with van der Waals surface area (Å²) in [6.07, 6.45) is 2.25. The van der Waals surface area contributed by atoms with Crippen molar-refractivity contribution in [1.82, 2.24) is 26.2 Å². The average Bonchev–Trinajstić information content (AvgIpc) is 3.11. The van der Waals surface area contributed by atoms with E-state index in [2.05, 4.69) is 35.1 Å². The van der Waals surface area contributed by atoms with Gasteiger partial charge in [-0.2, -0.15) is 0 Å². The van der Waals surface area contributed by atoms with Gasteiger partial charge in [0.25, 0.3) is 0 Å². The van der Waals surface area contributed by atoms with Crippen molar-refractivity contribution >= 4 is 29.6 Å². The zero-order valence-corrected chi connectivity index (χ0v) is 31.2. The van der Waals surface area contributed by atoms with E-state index < -0.39 is 41.4 Å². The molecule has 0 radical (unpaired) electrons. The minimum absolute atomic E-state index is 0.00836. The molecule has 0 aromatic heterocycles. The summed E-state index contributed by atoms with van der Waals surface area (Å²) < 4.78 is 0. The van der Waals surface area contributed by atoms with E-state index in [-0.39, 0.29) is 62.0 Å². The first kappa shape index (κ1) is 42.1. The predicted octanol–water partition coefficient (Wildman–Crippen LogP) is 1.83. The maximum Gasteiger partial charge on any atom is 0.323 e. The molecule has 1 aliphatic rings. The van der Waals surface area contributed by atoms with Crippen LogP contribution >= 0.6 is 0 Å². The molecule has 9 N–H and O–H groups in total. The highest BCUT2D eigenvalue weighted by molar-refractivity contribution is 5.94. The van der Waals surface area contributed by atoms with Gasteiger partial charge < -0.3 is 42.7 Å². The SMILES string of the molecule is CC(C)C[C@@H](NC(=O)[C@@H](Cc1ccccc1)NC(=O)CNCC(C)(C)c1ccccc1)C(=O)N[C@H](CCCCN)C(=O)N1CCC(N)(C(=O)O)CC1. The van der Waals surface area contributed by atoms with E-state index in [1.54, 1.807) is 0 Å². The summed E-state index contributed by atoms with van der Waals surface area (Å²) in [5.74, 6) is -2.82. The summed E-state index contributed by atoms with van der Waals surface area (Å²) in [7, 11) is 0. The molecule has 3 rings (SSSR count). The van der Waals surface area contributed by atoms with Gasteiger partial charge in [0.2, 0.25) is 23.6 Å². The normalized spacial score (nSPS) is 16.0. The number of carbonyl (C=O) groups excluding carboxylic acids is 4. The third-order valence-electron chi connectivity index (χ3n) is 9.64. The van der Waals surface area contributed by atoms with Crippen LogP contribution in [0.2, 0.25) is 0 Å². The van der Waals surface area contributed by atoms with Crippen molar-refractivity contribution in [3.63, 3.8) is 0 Å². The van der Waals surface area contributed by atoms with Gasteiger partial charge in [0.1, 0.15) is 23.7 Å². The topological polar surface area (TPSA) is 209 Å². The molecule has 0 unspecified atom stereocenters. The highest BCUT2D eigenvalue weighted by atomic mass is 16.4.